The fourth-order valence-corrected chi connectivity index (χ4v) is 3.29. The van der Waals surface area contributed by atoms with Gasteiger partial charge in [-0.2, -0.15) is 4.98 Å². The van der Waals surface area contributed by atoms with E-state index in [1.54, 1.807) is 0 Å². The van der Waals surface area contributed by atoms with Gasteiger partial charge in [-0.05, 0) is 38.0 Å². The largest absolute Gasteiger partial charge is 0.339 e. The lowest BCUT2D eigenvalue weighted by Crippen LogP contribution is -2.37. The minimum absolute atomic E-state index is 0.348. The van der Waals surface area contributed by atoms with Crippen LogP contribution in [0.25, 0.3) is 0 Å². The lowest BCUT2D eigenvalue weighted by atomic mass is 9.89. The Kier molecular flexibility index (Phi) is 3.61. The maximum atomic E-state index is 6.59. The Labute approximate surface area is 115 Å². The molecule has 4 heteroatoms. The van der Waals surface area contributed by atoms with E-state index in [1.807, 2.05) is 0 Å². The molecular weight excluding hydrogens is 238 g/mol. The highest BCUT2D eigenvalue weighted by molar-refractivity contribution is 5.09. The fourth-order valence-electron chi connectivity index (χ4n) is 3.29. The first-order chi connectivity index (χ1) is 9.21. The van der Waals surface area contributed by atoms with Crippen LogP contribution in [0.3, 0.4) is 0 Å². The number of rotatable bonds is 4. The monoisotopic (exact) mass is 263 g/mol. The first-order valence-electron chi connectivity index (χ1n) is 7.84. The molecular formula is C15H25N3O. The molecule has 19 heavy (non-hydrogen) atoms. The number of hydrogen-bond donors (Lipinski definition) is 1. The van der Waals surface area contributed by atoms with Gasteiger partial charge in [0.2, 0.25) is 5.89 Å². The molecule has 0 saturated heterocycles. The van der Waals surface area contributed by atoms with E-state index in [-0.39, 0.29) is 5.54 Å². The third-order valence-electron chi connectivity index (χ3n) is 4.74. The van der Waals surface area contributed by atoms with Crippen molar-refractivity contribution in [2.24, 2.45) is 11.7 Å². The van der Waals surface area contributed by atoms with Crippen molar-refractivity contribution in [3.8, 4) is 0 Å². The molecule has 2 atom stereocenters. The van der Waals surface area contributed by atoms with Crippen LogP contribution in [0.4, 0.5) is 0 Å². The molecule has 0 spiro atoms. The average Bonchev–Trinajstić information content (AvgIpc) is 3.16. The zero-order valence-electron chi connectivity index (χ0n) is 11.9. The van der Waals surface area contributed by atoms with E-state index in [2.05, 4.69) is 17.1 Å². The van der Waals surface area contributed by atoms with Gasteiger partial charge in [-0.3, -0.25) is 0 Å². The van der Waals surface area contributed by atoms with Crippen molar-refractivity contribution in [1.29, 1.82) is 0 Å². The molecule has 0 aliphatic heterocycles. The molecule has 106 valence electrons. The van der Waals surface area contributed by atoms with Gasteiger partial charge in [0.1, 0.15) is 0 Å². The van der Waals surface area contributed by atoms with Crippen molar-refractivity contribution in [3.05, 3.63) is 11.7 Å². The van der Waals surface area contributed by atoms with Gasteiger partial charge in [0.15, 0.2) is 5.82 Å². The molecule has 4 nitrogen and oxygen atoms in total. The highest BCUT2D eigenvalue weighted by Crippen LogP contribution is 2.41. The van der Waals surface area contributed by atoms with Gasteiger partial charge in [-0.15, -0.1) is 0 Å². The highest BCUT2D eigenvalue weighted by atomic mass is 16.5. The summed E-state index contributed by atoms with van der Waals surface area (Å²) in [4.78, 5) is 4.58. The van der Waals surface area contributed by atoms with Gasteiger partial charge in [-0.25, -0.2) is 0 Å². The van der Waals surface area contributed by atoms with E-state index in [4.69, 9.17) is 10.3 Å². The molecule has 2 aliphatic rings. The van der Waals surface area contributed by atoms with Crippen LogP contribution in [0, 0.1) is 5.92 Å². The zero-order valence-corrected chi connectivity index (χ0v) is 11.9. The Morgan fingerprint density at radius 1 is 1.26 bits per heavy atom. The number of hydrogen-bond acceptors (Lipinski definition) is 4. The van der Waals surface area contributed by atoms with Crippen molar-refractivity contribution in [2.45, 2.75) is 76.2 Å². The summed E-state index contributed by atoms with van der Waals surface area (Å²) >= 11 is 0. The number of aromatic nitrogens is 2. The predicted molar refractivity (Wildman–Crippen MR) is 73.6 cm³/mol. The summed E-state index contributed by atoms with van der Waals surface area (Å²) in [5.41, 5.74) is 6.24. The van der Waals surface area contributed by atoms with E-state index in [0.29, 0.717) is 5.92 Å². The molecule has 1 aromatic heterocycles. The second-order valence-electron chi connectivity index (χ2n) is 6.47. The van der Waals surface area contributed by atoms with Gasteiger partial charge >= 0.3 is 0 Å². The third kappa shape index (κ3) is 2.83. The van der Waals surface area contributed by atoms with Crippen molar-refractivity contribution in [1.82, 2.24) is 10.1 Å². The Hall–Kier alpha value is -0.900. The molecule has 1 aromatic rings. The normalized spacial score (nSPS) is 32.2. The average molecular weight is 263 g/mol. The summed E-state index contributed by atoms with van der Waals surface area (Å²) in [6.45, 7) is 2.27. The van der Waals surface area contributed by atoms with Crippen LogP contribution in [-0.4, -0.2) is 10.1 Å². The maximum Gasteiger partial charge on any atom is 0.229 e. The SMILES string of the molecule is CCCC1CCCC(N)(c2noc(C3CC3)n2)CC1. The van der Waals surface area contributed by atoms with Crippen molar-refractivity contribution >= 4 is 0 Å². The standard InChI is InChI=1S/C15H25N3O/c1-2-4-11-5-3-9-15(16,10-8-11)14-17-13(19-18-14)12-6-7-12/h11-12H,2-10,16H2,1H3. The fraction of sp³-hybridized carbons (Fsp3) is 0.867. The molecule has 0 bridgehead atoms. The molecule has 0 aromatic carbocycles. The molecule has 2 saturated carbocycles. The summed E-state index contributed by atoms with van der Waals surface area (Å²) < 4.78 is 5.38. The topological polar surface area (TPSA) is 64.9 Å². The van der Waals surface area contributed by atoms with Crippen LogP contribution in [-0.2, 0) is 5.54 Å². The molecule has 1 heterocycles. The second-order valence-corrected chi connectivity index (χ2v) is 6.47. The minimum Gasteiger partial charge on any atom is -0.339 e. The van der Waals surface area contributed by atoms with E-state index in [1.165, 1.54) is 44.9 Å². The minimum atomic E-state index is -0.348. The van der Waals surface area contributed by atoms with E-state index in [0.717, 1.165) is 30.5 Å². The van der Waals surface area contributed by atoms with Gasteiger partial charge in [0.05, 0.1) is 5.54 Å². The van der Waals surface area contributed by atoms with Gasteiger partial charge in [-0.1, -0.05) is 37.8 Å². The van der Waals surface area contributed by atoms with E-state index < -0.39 is 0 Å². The first kappa shape index (κ1) is 13.1. The van der Waals surface area contributed by atoms with Crippen molar-refractivity contribution in [2.75, 3.05) is 0 Å². The molecule has 2 N–H and O–H groups in total. The lowest BCUT2D eigenvalue weighted by Gasteiger charge is -2.24. The molecule has 2 aliphatic carbocycles. The number of nitrogens with two attached hydrogens (primary N) is 1. The van der Waals surface area contributed by atoms with E-state index >= 15 is 0 Å². The van der Waals surface area contributed by atoms with Gasteiger partial charge < -0.3 is 10.3 Å². The van der Waals surface area contributed by atoms with Crippen LogP contribution in [0.5, 0.6) is 0 Å². The second kappa shape index (κ2) is 5.23. The van der Waals surface area contributed by atoms with E-state index in [9.17, 15) is 0 Å². The molecule has 2 fully saturated rings. The van der Waals surface area contributed by atoms with Crippen LogP contribution in [0.1, 0.15) is 82.3 Å². The Morgan fingerprint density at radius 2 is 2.11 bits per heavy atom. The van der Waals surface area contributed by atoms with Crippen molar-refractivity contribution in [3.63, 3.8) is 0 Å². The lowest BCUT2D eigenvalue weighted by molar-refractivity contribution is 0.319. The number of nitrogens with zero attached hydrogens (tertiary/aromatic N) is 2. The third-order valence-corrected chi connectivity index (χ3v) is 4.74. The smallest absolute Gasteiger partial charge is 0.229 e. The highest BCUT2D eigenvalue weighted by Gasteiger charge is 2.37. The Balaban J connectivity index is 1.70. The summed E-state index contributed by atoms with van der Waals surface area (Å²) in [6.07, 6.45) is 10.7. The predicted octanol–water partition coefficient (Wildman–Crippen LogP) is 3.48. The summed E-state index contributed by atoms with van der Waals surface area (Å²) in [5, 5.41) is 4.17. The molecule has 0 amide bonds. The quantitative estimate of drug-likeness (QED) is 0.845. The van der Waals surface area contributed by atoms with Crippen molar-refractivity contribution < 1.29 is 4.52 Å². The van der Waals surface area contributed by atoms with Crippen LogP contribution < -0.4 is 5.73 Å². The van der Waals surface area contributed by atoms with Crippen LogP contribution in [0.15, 0.2) is 4.52 Å². The maximum absolute atomic E-state index is 6.59. The first-order valence-corrected chi connectivity index (χ1v) is 7.84. The summed E-state index contributed by atoms with van der Waals surface area (Å²) in [5.74, 6) is 2.93. The Morgan fingerprint density at radius 3 is 2.84 bits per heavy atom. The zero-order chi connectivity index (χ0) is 13.3. The summed E-state index contributed by atoms with van der Waals surface area (Å²) in [6, 6.07) is 0. The molecule has 2 unspecified atom stereocenters. The van der Waals surface area contributed by atoms with Crippen LogP contribution >= 0.6 is 0 Å². The molecule has 3 rings (SSSR count). The van der Waals surface area contributed by atoms with Gasteiger partial charge in [0, 0.05) is 5.92 Å². The Bertz CT molecular complexity index is 427. The van der Waals surface area contributed by atoms with Crippen LogP contribution in [0.2, 0.25) is 0 Å². The molecule has 0 radical (unpaired) electrons. The summed E-state index contributed by atoms with van der Waals surface area (Å²) in [7, 11) is 0. The van der Waals surface area contributed by atoms with Gasteiger partial charge in [0.25, 0.3) is 0 Å².